The minimum atomic E-state index is -0.0873. The lowest BCUT2D eigenvalue weighted by Crippen LogP contribution is -2.49. The summed E-state index contributed by atoms with van der Waals surface area (Å²) >= 11 is 3.47. The predicted molar refractivity (Wildman–Crippen MR) is 87.9 cm³/mol. The topological polar surface area (TPSA) is 50.9 Å². The van der Waals surface area contributed by atoms with E-state index < -0.39 is 0 Å². The predicted octanol–water partition coefficient (Wildman–Crippen LogP) is 3.93. The van der Waals surface area contributed by atoms with Crippen LogP contribution in [0.5, 0.6) is 0 Å². The Morgan fingerprint density at radius 3 is 2.85 bits per heavy atom. The van der Waals surface area contributed by atoms with E-state index >= 15 is 0 Å². The Morgan fingerprint density at radius 2 is 2.20 bits per heavy atom. The molecule has 1 heterocycles. The van der Waals surface area contributed by atoms with Gasteiger partial charge in [0.2, 0.25) is 0 Å². The minimum absolute atomic E-state index is 0.0873. The second-order valence-corrected chi connectivity index (χ2v) is 7.17. The molecule has 1 aromatic heterocycles. The number of nitrogens with zero attached hydrogens (tertiary/aromatic N) is 1. The largest absolute Gasteiger partial charge is 0.376 e. The van der Waals surface area contributed by atoms with Gasteiger partial charge in [-0.3, -0.25) is 4.98 Å². The third-order valence-corrected chi connectivity index (χ3v) is 5.26. The lowest BCUT2D eigenvalue weighted by atomic mass is 9.83. The molecule has 1 fully saturated rings. The van der Waals surface area contributed by atoms with Crippen LogP contribution in [0.15, 0.2) is 34.9 Å². The zero-order valence-corrected chi connectivity index (χ0v) is 13.5. The second-order valence-electron chi connectivity index (χ2n) is 6.25. The van der Waals surface area contributed by atoms with Gasteiger partial charge in [0.05, 0.1) is 16.7 Å². The van der Waals surface area contributed by atoms with E-state index in [2.05, 4.69) is 64.3 Å². The van der Waals surface area contributed by atoms with Gasteiger partial charge < -0.3 is 11.1 Å². The quantitative estimate of drug-likeness (QED) is 0.891. The van der Waals surface area contributed by atoms with Crippen LogP contribution in [-0.4, -0.2) is 17.1 Å². The van der Waals surface area contributed by atoms with Gasteiger partial charge in [-0.25, -0.2) is 0 Å². The SMILES string of the molecule is CC1(C(C)(CN)Nc2cccc3cc(Br)cnc23)CC1. The fraction of sp³-hybridized carbons (Fsp3) is 0.438. The van der Waals surface area contributed by atoms with Gasteiger partial charge in [-0.15, -0.1) is 0 Å². The zero-order chi connectivity index (χ0) is 14.4. The molecule has 0 radical (unpaired) electrons. The first-order chi connectivity index (χ1) is 9.47. The summed E-state index contributed by atoms with van der Waals surface area (Å²) in [6.45, 7) is 5.15. The molecule has 1 aliphatic rings. The smallest absolute Gasteiger partial charge is 0.0934 e. The number of nitrogens with two attached hydrogens (primary N) is 1. The highest BCUT2D eigenvalue weighted by molar-refractivity contribution is 9.10. The van der Waals surface area contributed by atoms with Crippen LogP contribution in [0.4, 0.5) is 5.69 Å². The Balaban J connectivity index is 2.02. The number of aromatic nitrogens is 1. The van der Waals surface area contributed by atoms with Crippen LogP contribution in [0.2, 0.25) is 0 Å². The maximum absolute atomic E-state index is 6.06. The molecule has 1 aromatic carbocycles. The Labute approximate surface area is 128 Å². The van der Waals surface area contributed by atoms with E-state index in [1.54, 1.807) is 0 Å². The van der Waals surface area contributed by atoms with Crippen molar-refractivity contribution in [2.45, 2.75) is 32.2 Å². The number of benzene rings is 1. The van der Waals surface area contributed by atoms with Crippen molar-refractivity contribution >= 4 is 32.5 Å². The van der Waals surface area contributed by atoms with E-state index in [9.17, 15) is 0 Å². The minimum Gasteiger partial charge on any atom is -0.376 e. The van der Waals surface area contributed by atoms with Crippen molar-refractivity contribution in [1.29, 1.82) is 0 Å². The Hall–Kier alpha value is -1.13. The molecule has 4 heteroatoms. The summed E-state index contributed by atoms with van der Waals surface area (Å²) in [6.07, 6.45) is 4.31. The van der Waals surface area contributed by atoms with E-state index in [-0.39, 0.29) is 5.54 Å². The normalized spacial score (nSPS) is 19.6. The van der Waals surface area contributed by atoms with Gasteiger partial charge in [-0.05, 0) is 53.2 Å². The fourth-order valence-corrected chi connectivity index (χ4v) is 3.07. The van der Waals surface area contributed by atoms with Crippen molar-refractivity contribution in [3.63, 3.8) is 0 Å². The molecule has 1 aliphatic carbocycles. The van der Waals surface area contributed by atoms with Crippen molar-refractivity contribution in [1.82, 2.24) is 4.98 Å². The van der Waals surface area contributed by atoms with Gasteiger partial charge in [0.1, 0.15) is 0 Å². The van der Waals surface area contributed by atoms with Gasteiger partial charge in [0.25, 0.3) is 0 Å². The molecule has 1 saturated carbocycles. The number of fused-ring (bicyclic) bond motifs is 1. The summed E-state index contributed by atoms with van der Waals surface area (Å²) in [6, 6.07) is 8.32. The average molecular weight is 334 g/mol. The Morgan fingerprint density at radius 1 is 1.45 bits per heavy atom. The Bertz CT molecular complexity index is 651. The summed E-state index contributed by atoms with van der Waals surface area (Å²) in [5, 5.41) is 4.80. The molecule has 3 N–H and O–H groups in total. The van der Waals surface area contributed by atoms with E-state index in [4.69, 9.17) is 5.73 Å². The molecule has 1 atom stereocenters. The molecule has 0 spiro atoms. The molecule has 0 saturated heterocycles. The van der Waals surface area contributed by atoms with Crippen LogP contribution in [-0.2, 0) is 0 Å². The molecule has 106 valence electrons. The van der Waals surface area contributed by atoms with E-state index in [1.165, 1.54) is 12.8 Å². The van der Waals surface area contributed by atoms with Crippen molar-refractivity contribution in [2.75, 3.05) is 11.9 Å². The molecule has 3 nitrogen and oxygen atoms in total. The van der Waals surface area contributed by atoms with Crippen LogP contribution in [0.25, 0.3) is 10.9 Å². The van der Waals surface area contributed by atoms with Gasteiger partial charge >= 0.3 is 0 Å². The molecule has 1 unspecified atom stereocenters. The van der Waals surface area contributed by atoms with Crippen LogP contribution >= 0.6 is 15.9 Å². The van der Waals surface area contributed by atoms with E-state index in [0.717, 1.165) is 21.1 Å². The lowest BCUT2D eigenvalue weighted by Gasteiger charge is -2.37. The number of pyridine rings is 1. The molecule has 2 aromatic rings. The molecule has 3 rings (SSSR count). The number of anilines is 1. The van der Waals surface area contributed by atoms with E-state index in [0.29, 0.717) is 12.0 Å². The van der Waals surface area contributed by atoms with Crippen molar-refractivity contribution in [3.8, 4) is 0 Å². The molecule has 0 amide bonds. The highest BCUT2D eigenvalue weighted by Crippen LogP contribution is 2.54. The Kier molecular flexibility index (Phi) is 3.26. The standard InChI is InChI=1S/C16H20BrN3/c1-15(6-7-15)16(2,10-18)20-13-5-3-4-11-8-12(17)9-19-14(11)13/h3-5,8-9,20H,6-7,10,18H2,1-2H3. The maximum Gasteiger partial charge on any atom is 0.0934 e. The van der Waals surface area contributed by atoms with Crippen LogP contribution in [0.1, 0.15) is 26.7 Å². The van der Waals surface area contributed by atoms with Crippen LogP contribution in [0, 0.1) is 5.41 Å². The zero-order valence-electron chi connectivity index (χ0n) is 11.9. The number of para-hydroxylation sites is 1. The number of rotatable bonds is 4. The summed E-state index contributed by atoms with van der Waals surface area (Å²) in [7, 11) is 0. The van der Waals surface area contributed by atoms with Crippen LogP contribution < -0.4 is 11.1 Å². The highest BCUT2D eigenvalue weighted by atomic mass is 79.9. The monoisotopic (exact) mass is 333 g/mol. The summed E-state index contributed by atoms with van der Waals surface area (Å²) in [5.74, 6) is 0. The van der Waals surface area contributed by atoms with Crippen molar-refractivity contribution < 1.29 is 0 Å². The average Bonchev–Trinajstić information content (AvgIpc) is 3.18. The molecular formula is C16H20BrN3. The molecule has 0 bridgehead atoms. The van der Waals surface area contributed by atoms with Gasteiger partial charge in [0.15, 0.2) is 0 Å². The molecule has 0 aliphatic heterocycles. The summed E-state index contributed by atoms with van der Waals surface area (Å²) < 4.78 is 0.998. The van der Waals surface area contributed by atoms with Crippen LogP contribution in [0.3, 0.4) is 0 Å². The molecular weight excluding hydrogens is 314 g/mol. The molecule has 20 heavy (non-hydrogen) atoms. The first-order valence-electron chi connectivity index (χ1n) is 7.00. The van der Waals surface area contributed by atoms with Gasteiger partial charge in [-0.1, -0.05) is 19.1 Å². The number of halogens is 1. The lowest BCUT2D eigenvalue weighted by molar-refractivity contribution is 0.333. The summed E-state index contributed by atoms with van der Waals surface area (Å²) in [5.41, 5.74) is 8.33. The fourth-order valence-electron chi connectivity index (χ4n) is 2.72. The number of hydrogen-bond acceptors (Lipinski definition) is 3. The first-order valence-corrected chi connectivity index (χ1v) is 7.79. The van der Waals surface area contributed by atoms with E-state index in [1.807, 2.05) is 6.20 Å². The first kappa shape index (κ1) is 13.8. The third-order valence-electron chi connectivity index (χ3n) is 4.83. The number of nitrogens with one attached hydrogen (secondary N) is 1. The highest BCUT2D eigenvalue weighted by Gasteiger charge is 2.52. The van der Waals surface area contributed by atoms with Crippen molar-refractivity contribution in [2.24, 2.45) is 11.1 Å². The van der Waals surface area contributed by atoms with Crippen molar-refractivity contribution in [3.05, 3.63) is 34.9 Å². The van der Waals surface area contributed by atoms with Gasteiger partial charge in [0, 0.05) is 22.6 Å². The maximum atomic E-state index is 6.06. The van der Waals surface area contributed by atoms with Gasteiger partial charge in [-0.2, -0.15) is 0 Å². The third kappa shape index (κ3) is 2.21. The summed E-state index contributed by atoms with van der Waals surface area (Å²) in [4.78, 5) is 4.55. The number of hydrogen-bond donors (Lipinski definition) is 2. The second kappa shape index (κ2) is 4.71.